The summed E-state index contributed by atoms with van der Waals surface area (Å²) in [6, 6.07) is 0. The van der Waals surface area contributed by atoms with Gasteiger partial charge in [0.25, 0.3) is 0 Å². The SMILES string of the molecule is CCCCCC(CCOC(=O)CCC1CCCCC1)CCC(=O)CCC(CCCCC)CCSCC(CCCC)OC(=O)CCC1CCCCC1. The molecule has 2 aliphatic rings. The highest BCUT2D eigenvalue weighted by molar-refractivity contribution is 7.99. The van der Waals surface area contributed by atoms with E-state index in [1.165, 1.54) is 109 Å². The van der Waals surface area contributed by atoms with Crippen LogP contribution in [0.5, 0.6) is 0 Å². The van der Waals surface area contributed by atoms with Gasteiger partial charge in [-0.3, -0.25) is 14.4 Å². The van der Waals surface area contributed by atoms with E-state index in [1.54, 1.807) is 0 Å². The number of thioether (sulfide) groups is 1. The predicted molar refractivity (Wildman–Crippen MR) is 217 cm³/mol. The van der Waals surface area contributed by atoms with Crippen molar-refractivity contribution in [3.8, 4) is 0 Å². The fraction of sp³-hybridized carbons (Fsp3) is 0.933. The van der Waals surface area contributed by atoms with Gasteiger partial charge in [0.05, 0.1) is 6.61 Å². The number of rotatable bonds is 32. The first-order chi connectivity index (χ1) is 24.9. The number of ether oxygens (including phenoxy) is 2. The Morgan fingerprint density at radius 2 is 1.10 bits per heavy atom. The molecule has 0 amide bonds. The van der Waals surface area contributed by atoms with Crippen LogP contribution in [-0.4, -0.2) is 41.9 Å². The van der Waals surface area contributed by atoms with Crippen molar-refractivity contribution in [1.82, 2.24) is 0 Å². The lowest BCUT2D eigenvalue weighted by Crippen LogP contribution is -2.22. The fourth-order valence-electron chi connectivity index (χ4n) is 8.41. The summed E-state index contributed by atoms with van der Waals surface area (Å²) in [5, 5.41) is 0. The molecular weight excluding hydrogens is 653 g/mol. The number of unbranched alkanes of at least 4 members (excludes halogenated alkanes) is 5. The van der Waals surface area contributed by atoms with Gasteiger partial charge in [-0.1, -0.05) is 149 Å². The summed E-state index contributed by atoms with van der Waals surface area (Å²) in [5.41, 5.74) is 0. The summed E-state index contributed by atoms with van der Waals surface area (Å²) in [7, 11) is 0. The van der Waals surface area contributed by atoms with Crippen molar-refractivity contribution >= 4 is 29.5 Å². The number of ketones is 1. The fourth-order valence-corrected chi connectivity index (χ4v) is 9.58. The van der Waals surface area contributed by atoms with Gasteiger partial charge in [0.15, 0.2) is 0 Å². The topological polar surface area (TPSA) is 69.7 Å². The second kappa shape index (κ2) is 31.3. The molecule has 2 fully saturated rings. The van der Waals surface area contributed by atoms with Crippen LogP contribution in [0.1, 0.15) is 220 Å². The number of hydrogen-bond acceptors (Lipinski definition) is 6. The molecule has 0 saturated heterocycles. The average molecular weight is 735 g/mol. The smallest absolute Gasteiger partial charge is 0.306 e. The Hall–Kier alpha value is -1.04. The van der Waals surface area contributed by atoms with Gasteiger partial charge in [-0.25, -0.2) is 0 Å². The van der Waals surface area contributed by atoms with Crippen LogP contribution in [-0.2, 0) is 23.9 Å². The van der Waals surface area contributed by atoms with Crippen molar-refractivity contribution in [2.75, 3.05) is 18.1 Å². The van der Waals surface area contributed by atoms with Gasteiger partial charge < -0.3 is 9.47 Å². The summed E-state index contributed by atoms with van der Waals surface area (Å²) in [4.78, 5) is 38.3. The summed E-state index contributed by atoms with van der Waals surface area (Å²) in [6.07, 6.45) is 34.5. The Morgan fingerprint density at radius 1 is 0.569 bits per heavy atom. The summed E-state index contributed by atoms with van der Waals surface area (Å²) >= 11 is 1.95. The van der Waals surface area contributed by atoms with Crippen LogP contribution >= 0.6 is 11.8 Å². The van der Waals surface area contributed by atoms with E-state index in [0.717, 1.165) is 81.6 Å². The summed E-state index contributed by atoms with van der Waals surface area (Å²) in [6.45, 7) is 7.21. The second-order valence-electron chi connectivity index (χ2n) is 16.6. The normalized spacial score (nSPS) is 17.5. The molecule has 0 N–H and O–H groups in total. The molecule has 51 heavy (non-hydrogen) atoms. The molecule has 2 aliphatic carbocycles. The third-order valence-corrected chi connectivity index (χ3v) is 13.1. The summed E-state index contributed by atoms with van der Waals surface area (Å²) < 4.78 is 11.7. The Bertz CT molecular complexity index is 865. The third-order valence-electron chi connectivity index (χ3n) is 12.0. The first-order valence-electron chi connectivity index (χ1n) is 22.4. The highest BCUT2D eigenvalue weighted by atomic mass is 32.2. The Labute approximate surface area is 320 Å². The maximum absolute atomic E-state index is 13.2. The monoisotopic (exact) mass is 735 g/mol. The lowest BCUT2D eigenvalue weighted by molar-refractivity contribution is -0.148. The maximum Gasteiger partial charge on any atom is 0.306 e. The lowest BCUT2D eigenvalue weighted by atomic mass is 9.86. The van der Waals surface area contributed by atoms with Crippen LogP contribution in [0.4, 0.5) is 0 Å². The van der Waals surface area contributed by atoms with Crippen molar-refractivity contribution in [2.45, 2.75) is 226 Å². The van der Waals surface area contributed by atoms with Gasteiger partial charge in [0.2, 0.25) is 0 Å². The van der Waals surface area contributed by atoms with E-state index in [-0.39, 0.29) is 18.0 Å². The predicted octanol–water partition coefficient (Wildman–Crippen LogP) is 13.4. The zero-order valence-corrected chi connectivity index (χ0v) is 34.7. The molecule has 5 nitrogen and oxygen atoms in total. The molecule has 6 heteroatoms. The summed E-state index contributed by atoms with van der Waals surface area (Å²) in [5.74, 6) is 4.85. The lowest BCUT2D eigenvalue weighted by Gasteiger charge is -2.22. The van der Waals surface area contributed by atoms with E-state index in [9.17, 15) is 14.4 Å². The van der Waals surface area contributed by atoms with Crippen LogP contribution in [0, 0.1) is 23.7 Å². The van der Waals surface area contributed by atoms with Crippen LogP contribution in [0.25, 0.3) is 0 Å². The Morgan fingerprint density at radius 3 is 1.65 bits per heavy atom. The molecule has 0 aromatic rings. The van der Waals surface area contributed by atoms with Crippen LogP contribution in [0.15, 0.2) is 0 Å². The number of esters is 2. The highest BCUT2D eigenvalue weighted by Gasteiger charge is 2.20. The Balaban J connectivity index is 1.72. The maximum atomic E-state index is 13.2. The van der Waals surface area contributed by atoms with Crippen molar-refractivity contribution < 1.29 is 23.9 Å². The van der Waals surface area contributed by atoms with E-state index >= 15 is 0 Å². The molecule has 0 spiro atoms. The van der Waals surface area contributed by atoms with E-state index in [2.05, 4.69) is 20.8 Å². The highest BCUT2D eigenvalue weighted by Crippen LogP contribution is 2.29. The first-order valence-corrected chi connectivity index (χ1v) is 23.5. The van der Waals surface area contributed by atoms with Crippen molar-refractivity contribution in [1.29, 1.82) is 0 Å². The molecule has 3 atom stereocenters. The number of carbonyl (C=O) groups is 3. The standard InChI is InChI=1S/C45H82O5S/c1-4-7-12-18-40(33-35-49-44(47)31-27-38-20-14-10-15-21-38)25-29-42(46)30-26-41(19-13-8-5-2)34-36-51-37-43(24-9-6-3)50-45(48)32-28-39-22-16-11-17-23-39/h38-41,43H,4-37H2,1-3H3. The van der Waals surface area contributed by atoms with Gasteiger partial charge in [-0.2, -0.15) is 11.8 Å². The van der Waals surface area contributed by atoms with Gasteiger partial charge in [0.1, 0.15) is 11.9 Å². The van der Waals surface area contributed by atoms with Crippen molar-refractivity contribution in [3.05, 3.63) is 0 Å². The minimum Gasteiger partial charge on any atom is -0.466 e. The van der Waals surface area contributed by atoms with E-state index in [1.807, 2.05) is 11.8 Å². The number of carbonyl (C=O) groups excluding carboxylic acids is 3. The van der Waals surface area contributed by atoms with Gasteiger partial charge in [-0.05, 0) is 74.4 Å². The van der Waals surface area contributed by atoms with Crippen LogP contribution < -0.4 is 0 Å². The minimum atomic E-state index is -0.0291. The first kappa shape index (κ1) is 46.1. The minimum absolute atomic E-state index is 0.0108. The molecular formula is C45H82O5S. The molecule has 3 unspecified atom stereocenters. The van der Waals surface area contributed by atoms with Gasteiger partial charge >= 0.3 is 11.9 Å². The number of hydrogen-bond donors (Lipinski definition) is 0. The van der Waals surface area contributed by atoms with E-state index in [4.69, 9.17) is 9.47 Å². The van der Waals surface area contributed by atoms with Crippen molar-refractivity contribution in [2.24, 2.45) is 23.7 Å². The van der Waals surface area contributed by atoms with Crippen LogP contribution in [0.3, 0.4) is 0 Å². The van der Waals surface area contributed by atoms with Gasteiger partial charge in [-0.15, -0.1) is 0 Å². The third kappa shape index (κ3) is 24.8. The number of Topliss-reactive ketones (excluding diaryl/α,β-unsaturated/α-hetero) is 1. The molecule has 0 aliphatic heterocycles. The van der Waals surface area contributed by atoms with Gasteiger partial charge in [0, 0.05) is 31.4 Å². The van der Waals surface area contributed by atoms with Crippen LogP contribution in [0.2, 0.25) is 0 Å². The molecule has 2 saturated carbocycles. The zero-order chi connectivity index (χ0) is 36.8. The molecule has 0 aromatic carbocycles. The molecule has 0 heterocycles. The molecule has 298 valence electrons. The zero-order valence-electron chi connectivity index (χ0n) is 33.9. The molecule has 0 aromatic heterocycles. The molecule has 2 rings (SSSR count). The largest absolute Gasteiger partial charge is 0.466 e. The van der Waals surface area contributed by atoms with E-state index < -0.39 is 0 Å². The molecule has 0 bridgehead atoms. The van der Waals surface area contributed by atoms with Crippen molar-refractivity contribution in [3.63, 3.8) is 0 Å². The second-order valence-corrected chi connectivity index (χ2v) is 17.7. The Kier molecular flexibility index (Phi) is 28.3. The average Bonchev–Trinajstić information content (AvgIpc) is 3.15. The van der Waals surface area contributed by atoms with E-state index in [0.29, 0.717) is 55.8 Å². The quantitative estimate of drug-likeness (QED) is 0.0506. The molecule has 0 radical (unpaired) electrons.